The van der Waals surface area contributed by atoms with E-state index in [1.165, 1.54) is 37.8 Å². The molecule has 0 bridgehead atoms. The molecule has 0 unspecified atom stereocenters. The molecule has 0 N–H and O–H groups in total. The second-order valence-electron chi connectivity index (χ2n) is 6.49. The van der Waals surface area contributed by atoms with E-state index >= 15 is 0 Å². The molecule has 24 heavy (non-hydrogen) atoms. The maximum absolute atomic E-state index is 6.61. The monoisotopic (exact) mass is 349 g/mol. The molecule has 0 aromatic heterocycles. The lowest BCUT2D eigenvalue weighted by atomic mass is 10.1. The predicted octanol–water partition coefficient (Wildman–Crippen LogP) is 4.09. The standard InChI is InChI=1S/C22H22ClSi/c1-15-9-11-20(17(3)13-15)24(22-8-6-5-7-19(22)23)21-12-10-16(2)14-18(21)4/h5-14H,1-4H3. The zero-order valence-corrected chi connectivity index (χ0v) is 16.4. The first kappa shape index (κ1) is 17.0. The molecule has 121 valence electrons. The summed E-state index contributed by atoms with van der Waals surface area (Å²) in [4.78, 5) is 0. The van der Waals surface area contributed by atoms with Crippen molar-refractivity contribution in [3.63, 3.8) is 0 Å². The van der Waals surface area contributed by atoms with Gasteiger partial charge in [-0.2, -0.15) is 0 Å². The summed E-state index contributed by atoms with van der Waals surface area (Å²) in [5.74, 6) is 0. The Bertz CT molecular complexity index is 831. The molecule has 0 heterocycles. The molecule has 1 radical (unpaired) electrons. The lowest BCUT2D eigenvalue weighted by Crippen LogP contribution is -2.54. The number of aryl methyl sites for hydroxylation is 4. The Hall–Kier alpha value is -1.83. The first-order chi connectivity index (χ1) is 11.5. The van der Waals surface area contributed by atoms with Gasteiger partial charge in [0.1, 0.15) is 0 Å². The van der Waals surface area contributed by atoms with E-state index in [2.05, 4.69) is 76.2 Å². The van der Waals surface area contributed by atoms with E-state index in [1.54, 1.807) is 0 Å². The van der Waals surface area contributed by atoms with Crippen LogP contribution in [0.3, 0.4) is 0 Å². The average Bonchev–Trinajstić information content (AvgIpc) is 2.52. The third-order valence-corrected chi connectivity index (χ3v) is 8.11. The van der Waals surface area contributed by atoms with Crippen molar-refractivity contribution in [1.82, 2.24) is 0 Å². The van der Waals surface area contributed by atoms with Gasteiger partial charge < -0.3 is 0 Å². The third kappa shape index (κ3) is 3.33. The largest absolute Gasteiger partial charge is 0.157 e. The highest BCUT2D eigenvalue weighted by molar-refractivity contribution is 6.97. The van der Waals surface area contributed by atoms with Crippen LogP contribution in [0.15, 0.2) is 60.7 Å². The average molecular weight is 350 g/mol. The number of rotatable bonds is 3. The molecule has 0 aliphatic rings. The van der Waals surface area contributed by atoms with Gasteiger partial charge in [0.25, 0.3) is 0 Å². The number of hydrogen-bond donors (Lipinski definition) is 0. The van der Waals surface area contributed by atoms with Crippen molar-refractivity contribution in [3.8, 4) is 0 Å². The Morgan fingerprint density at radius 2 is 1.12 bits per heavy atom. The third-order valence-electron chi connectivity index (χ3n) is 4.45. The fourth-order valence-corrected chi connectivity index (χ4v) is 6.60. The summed E-state index contributed by atoms with van der Waals surface area (Å²) < 4.78 is 0. The Morgan fingerprint density at radius 1 is 0.625 bits per heavy atom. The van der Waals surface area contributed by atoms with Crippen LogP contribution in [0, 0.1) is 27.7 Å². The van der Waals surface area contributed by atoms with Crippen LogP contribution in [-0.2, 0) is 0 Å². The summed E-state index contributed by atoms with van der Waals surface area (Å²) in [6.07, 6.45) is 0. The van der Waals surface area contributed by atoms with Crippen LogP contribution in [0.5, 0.6) is 0 Å². The number of halogens is 1. The van der Waals surface area contributed by atoms with E-state index < -0.39 is 8.80 Å². The SMILES string of the molecule is Cc1ccc([Si](c2ccc(C)cc2C)c2ccccc2Cl)c(C)c1. The van der Waals surface area contributed by atoms with Crippen molar-refractivity contribution in [3.05, 3.63) is 87.9 Å². The second kappa shape index (κ2) is 6.96. The van der Waals surface area contributed by atoms with Crippen LogP contribution < -0.4 is 15.6 Å². The molecule has 0 aliphatic heterocycles. The Kier molecular flexibility index (Phi) is 4.93. The Morgan fingerprint density at radius 3 is 1.58 bits per heavy atom. The van der Waals surface area contributed by atoms with Crippen molar-refractivity contribution < 1.29 is 0 Å². The van der Waals surface area contributed by atoms with Crippen LogP contribution in [0.25, 0.3) is 0 Å². The minimum Gasteiger partial charge on any atom is -0.0845 e. The summed E-state index contributed by atoms with van der Waals surface area (Å²) in [6.45, 7) is 8.73. The van der Waals surface area contributed by atoms with Crippen LogP contribution >= 0.6 is 11.6 Å². The van der Waals surface area contributed by atoms with Crippen molar-refractivity contribution >= 4 is 36.0 Å². The maximum Gasteiger partial charge on any atom is 0.157 e. The molecule has 0 fully saturated rings. The zero-order valence-electron chi connectivity index (χ0n) is 14.7. The molecule has 0 saturated heterocycles. The van der Waals surface area contributed by atoms with Gasteiger partial charge in [-0.3, -0.25) is 0 Å². The van der Waals surface area contributed by atoms with E-state index in [0.717, 1.165) is 5.02 Å². The van der Waals surface area contributed by atoms with Crippen molar-refractivity contribution in [1.29, 1.82) is 0 Å². The highest BCUT2D eigenvalue weighted by Gasteiger charge is 2.24. The summed E-state index contributed by atoms with van der Waals surface area (Å²) >= 11 is 6.61. The minimum atomic E-state index is -1.13. The first-order valence-corrected chi connectivity index (χ1v) is 10.1. The molecule has 3 aromatic rings. The molecule has 0 aliphatic carbocycles. The van der Waals surface area contributed by atoms with Crippen LogP contribution in [0.1, 0.15) is 22.3 Å². The van der Waals surface area contributed by atoms with Gasteiger partial charge in [0.15, 0.2) is 8.80 Å². The van der Waals surface area contributed by atoms with Crippen molar-refractivity contribution in [2.45, 2.75) is 27.7 Å². The summed E-state index contributed by atoms with van der Waals surface area (Å²) in [5.41, 5.74) is 5.31. The zero-order chi connectivity index (χ0) is 17.3. The molecular weight excluding hydrogens is 328 g/mol. The van der Waals surface area contributed by atoms with Gasteiger partial charge in [0.2, 0.25) is 0 Å². The normalized spacial score (nSPS) is 11.1. The van der Waals surface area contributed by atoms with E-state index in [4.69, 9.17) is 11.6 Å². The predicted molar refractivity (Wildman–Crippen MR) is 108 cm³/mol. The fraction of sp³-hybridized carbons (Fsp3) is 0.182. The van der Waals surface area contributed by atoms with E-state index in [1.807, 2.05) is 12.1 Å². The molecule has 0 saturated carbocycles. The molecule has 0 atom stereocenters. The fourth-order valence-electron chi connectivity index (χ4n) is 3.29. The Balaban J connectivity index is 2.27. The molecule has 0 spiro atoms. The molecule has 0 amide bonds. The Labute approximate surface area is 151 Å². The van der Waals surface area contributed by atoms with Gasteiger partial charge in [0.05, 0.1) is 0 Å². The topological polar surface area (TPSA) is 0 Å². The summed E-state index contributed by atoms with van der Waals surface area (Å²) in [6, 6.07) is 21.9. The maximum atomic E-state index is 6.61. The van der Waals surface area contributed by atoms with E-state index in [-0.39, 0.29) is 0 Å². The first-order valence-electron chi connectivity index (χ1n) is 8.24. The van der Waals surface area contributed by atoms with Crippen molar-refractivity contribution in [2.75, 3.05) is 0 Å². The highest BCUT2D eigenvalue weighted by Crippen LogP contribution is 2.11. The van der Waals surface area contributed by atoms with Gasteiger partial charge in [-0.1, -0.05) is 88.5 Å². The minimum absolute atomic E-state index is 0.867. The van der Waals surface area contributed by atoms with Gasteiger partial charge in [-0.25, -0.2) is 0 Å². The molecule has 3 rings (SSSR count). The molecule has 0 nitrogen and oxygen atoms in total. The number of hydrogen-bond acceptors (Lipinski definition) is 0. The van der Waals surface area contributed by atoms with Crippen LogP contribution in [-0.4, -0.2) is 8.80 Å². The lowest BCUT2D eigenvalue weighted by Gasteiger charge is -2.22. The second-order valence-corrected chi connectivity index (χ2v) is 9.26. The quantitative estimate of drug-likeness (QED) is 0.493. The summed E-state index contributed by atoms with van der Waals surface area (Å²) in [5, 5.41) is 4.98. The van der Waals surface area contributed by atoms with Gasteiger partial charge in [-0.15, -0.1) is 0 Å². The van der Waals surface area contributed by atoms with Gasteiger partial charge in [-0.05, 0) is 49.3 Å². The van der Waals surface area contributed by atoms with Crippen LogP contribution in [0.4, 0.5) is 0 Å². The smallest absolute Gasteiger partial charge is 0.0845 e. The molecule has 2 heteroatoms. The van der Waals surface area contributed by atoms with Crippen LogP contribution in [0.2, 0.25) is 5.02 Å². The van der Waals surface area contributed by atoms with Gasteiger partial charge in [0, 0.05) is 5.02 Å². The summed E-state index contributed by atoms with van der Waals surface area (Å²) in [7, 11) is -1.13. The lowest BCUT2D eigenvalue weighted by molar-refractivity contribution is 1.40. The molecular formula is C22H22ClSi. The number of benzene rings is 3. The van der Waals surface area contributed by atoms with Crippen molar-refractivity contribution in [2.24, 2.45) is 0 Å². The van der Waals surface area contributed by atoms with E-state index in [0.29, 0.717) is 0 Å². The van der Waals surface area contributed by atoms with E-state index in [9.17, 15) is 0 Å². The highest BCUT2D eigenvalue weighted by atomic mass is 35.5. The molecule has 3 aromatic carbocycles. The van der Waals surface area contributed by atoms with Gasteiger partial charge >= 0.3 is 0 Å².